The first kappa shape index (κ1) is 10.3. The lowest BCUT2D eigenvalue weighted by Gasteiger charge is -2.37. The average molecular weight is 224 g/mol. The van der Waals surface area contributed by atoms with Gasteiger partial charge in [-0.1, -0.05) is 24.3 Å². The fraction of sp³-hybridized carbons (Fsp3) is 0.267. The molecule has 0 radical (unpaired) electrons. The number of pyridine rings is 1. The Morgan fingerprint density at radius 2 is 1.88 bits per heavy atom. The van der Waals surface area contributed by atoms with E-state index in [4.69, 9.17) is 0 Å². The first-order valence-corrected chi connectivity index (χ1v) is 6.11. The highest BCUT2D eigenvalue weighted by atomic mass is 15.2. The van der Waals surface area contributed by atoms with E-state index in [1.807, 2.05) is 12.4 Å². The number of hydrogen-bond donors (Lipinski definition) is 0. The summed E-state index contributed by atoms with van der Waals surface area (Å²) in [6.07, 6.45) is 4.86. The van der Waals surface area contributed by atoms with Crippen molar-refractivity contribution in [3.63, 3.8) is 0 Å². The van der Waals surface area contributed by atoms with Gasteiger partial charge in [-0.15, -0.1) is 0 Å². The maximum Gasteiger partial charge on any atom is 0.0517 e. The molecular formula is C15H16N2. The fourth-order valence-corrected chi connectivity index (χ4v) is 2.66. The molecule has 2 aromatic rings. The summed E-state index contributed by atoms with van der Waals surface area (Å²) in [5, 5.41) is 0. The lowest BCUT2D eigenvalue weighted by Crippen LogP contribution is -2.33. The predicted octanol–water partition coefficient (Wildman–Crippen LogP) is 3.21. The molecule has 0 saturated carbocycles. The number of fused-ring (bicyclic) bond motifs is 1. The van der Waals surface area contributed by atoms with Gasteiger partial charge in [-0.3, -0.25) is 4.98 Å². The summed E-state index contributed by atoms with van der Waals surface area (Å²) >= 11 is 0. The van der Waals surface area contributed by atoms with Crippen LogP contribution in [-0.2, 0) is 6.42 Å². The van der Waals surface area contributed by atoms with Crippen molar-refractivity contribution in [3.8, 4) is 0 Å². The van der Waals surface area contributed by atoms with Gasteiger partial charge < -0.3 is 4.90 Å². The van der Waals surface area contributed by atoms with Crippen molar-refractivity contribution in [3.05, 3.63) is 59.9 Å². The van der Waals surface area contributed by atoms with E-state index in [0.717, 1.165) is 13.0 Å². The minimum atomic E-state index is 0.447. The molecule has 1 aromatic carbocycles. The Labute approximate surface area is 102 Å². The largest absolute Gasteiger partial charge is 0.364 e. The maximum absolute atomic E-state index is 4.08. The van der Waals surface area contributed by atoms with Crippen LogP contribution in [0.3, 0.4) is 0 Å². The molecule has 1 aliphatic rings. The fourth-order valence-electron chi connectivity index (χ4n) is 2.66. The third-order valence-electron chi connectivity index (χ3n) is 3.59. The zero-order chi connectivity index (χ0) is 11.7. The normalized spacial score (nSPS) is 18.9. The molecule has 2 heterocycles. The molecule has 0 saturated heterocycles. The molecule has 0 spiro atoms. The van der Waals surface area contributed by atoms with Gasteiger partial charge in [0.1, 0.15) is 0 Å². The van der Waals surface area contributed by atoms with Crippen LogP contribution < -0.4 is 4.90 Å². The molecule has 1 unspecified atom stereocenters. The number of benzene rings is 1. The van der Waals surface area contributed by atoms with Gasteiger partial charge in [-0.25, -0.2) is 0 Å². The van der Waals surface area contributed by atoms with E-state index in [1.54, 1.807) is 0 Å². The quantitative estimate of drug-likeness (QED) is 0.739. The second-order valence-corrected chi connectivity index (χ2v) is 4.52. The minimum Gasteiger partial charge on any atom is -0.364 e. The van der Waals surface area contributed by atoms with E-state index < -0.39 is 0 Å². The van der Waals surface area contributed by atoms with E-state index in [-0.39, 0.29) is 0 Å². The Hall–Kier alpha value is -1.83. The van der Waals surface area contributed by atoms with Gasteiger partial charge in [0.2, 0.25) is 0 Å². The Bertz CT molecular complexity index is 507. The summed E-state index contributed by atoms with van der Waals surface area (Å²) in [4.78, 5) is 6.53. The molecule has 2 heteroatoms. The van der Waals surface area contributed by atoms with Crippen molar-refractivity contribution >= 4 is 5.69 Å². The summed E-state index contributed by atoms with van der Waals surface area (Å²) < 4.78 is 0. The molecular weight excluding hydrogens is 208 g/mol. The smallest absolute Gasteiger partial charge is 0.0517 e. The maximum atomic E-state index is 4.08. The van der Waals surface area contributed by atoms with E-state index in [1.165, 1.54) is 16.8 Å². The van der Waals surface area contributed by atoms with Crippen molar-refractivity contribution in [1.82, 2.24) is 4.98 Å². The van der Waals surface area contributed by atoms with Crippen molar-refractivity contribution < 1.29 is 0 Å². The van der Waals surface area contributed by atoms with Crippen molar-refractivity contribution in [2.24, 2.45) is 0 Å². The Kier molecular flexibility index (Phi) is 2.56. The zero-order valence-corrected chi connectivity index (χ0v) is 10.0. The van der Waals surface area contributed by atoms with Crippen LogP contribution in [-0.4, -0.2) is 11.5 Å². The predicted molar refractivity (Wildman–Crippen MR) is 70.1 cm³/mol. The molecule has 0 bridgehead atoms. The Morgan fingerprint density at radius 3 is 2.71 bits per heavy atom. The highest BCUT2D eigenvalue weighted by Gasteiger charge is 2.23. The van der Waals surface area contributed by atoms with E-state index in [0.29, 0.717) is 6.04 Å². The lowest BCUT2D eigenvalue weighted by molar-refractivity contribution is 0.624. The van der Waals surface area contributed by atoms with Crippen molar-refractivity contribution in [2.45, 2.75) is 19.4 Å². The van der Waals surface area contributed by atoms with Crippen LogP contribution in [0.4, 0.5) is 5.69 Å². The summed E-state index contributed by atoms with van der Waals surface area (Å²) in [6, 6.07) is 13.4. The molecule has 0 amide bonds. The van der Waals surface area contributed by atoms with Crippen LogP contribution >= 0.6 is 0 Å². The zero-order valence-electron chi connectivity index (χ0n) is 10.0. The molecule has 1 aromatic heterocycles. The molecule has 2 nitrogen and oxygen atoms in total. The standard InChI is InChI=1S/C15H16N2/c1-12-15-5-3-2-4-13(15)8-11-17(12)14-6-9-16-10-7-14/h2-7,9-10,12H,8,11H2,1H3. The summed E-state index contributed by atoms with van der Waals surface area (Å²) in [7, 11) is 0. The number of hydrogen-bond acceptors (Lipinski definition) is 2. The highest BCUT2D eigenvalue weighted by Crippen LogP contribution is 2.32. The number of rotatable bonds is 1. The van der Waals surface area contributed by atoms with Gasteiger partial charge in [0.05, 0.1) is 6.04 Å². The third kappa shape index (κ3) is 1.80. The van der Waals surface area contributed by atoms with Crippen molar-refractivity contribution in [1.29, 1.82) is 0 Å². The van der Waals surface area contributed by atoms with E-state index >= 15 is 0 Å². The summed E-state index contributed by atoms with van der Waals surface area (Å²) in [6.45, 7) is 3.36. The van der Waals surface area contributed by atoms with Gasteiger partial charge in [0, 0.05) is 24.6 Å². The Balaban J connectivity index is 1.97. The molecule has 1 aliphatic heterocycles. The van der Waals surface area contributed by atoms with E-state index in [9.17, 15) is 0 Å². The van der Waals surface area contributed by atoms with Crippen LogP contribution in [0.5, 0.6) is 0 Å². The van der Waals surface area contributed by atoms with Crippen LogP contribution in [0.15, 0.2) is 48.8 Å². The van der Waals surface area contributed by atoms with Crippen LogP contribution in [0.2, 0.25) is 0 Å². The van der Waals surface area contributed by atoms with Gasteiger partial charge in [0.25, 0.3) is 0 Å². The second-order valence-electron chi connectivity index (χ2n) is 4.52. The first-order valence-electron chi connectivity index (χ1n) is 6.11. The molecule has 3 rings (SSSR count). The van der Waals surface area contributed by atoms with Crippen LogP contribution in [0.1, 0.15) is 24.1 Å². The van der Waals surface area contributed by atoms with Crippen molar-refractivity contribution in [2.75, 3.05) is 11.4 Å². The average Bonchev–Trinajstić information content (AvgIpc) is 2.40. The molecule has 0 N–H and O–H groups in total. The molecule has 0 aliphatic carbocycles. The monoisotopic (exact) mass is 224 g/mol. The molecule has 17 heavy (non-hydrogen) atoms. The number of anilines is 1. The number of nitrogens with zero attached hydrogens (tertiary/aromatic N) is 2. The van der Waals surface area contributed by atoms with Gasteiger partial charge in [-0.05, 0) is 36.6 Å². The topological polar surface area (TPSA) is 16.1 Å². The summed E-state index contributed by atoms with van der Waals surface area (Å²) in [5.74, 6) is 0. The van der Waals surface area contributed by atoms with Gasteiger partial charge in [0.15, 0.2) is 0 Å². The van der Waals surface area contributed by atoms with Crippen LogP contribution in [0.25, 0.3) is 0 Å². The molecule has 0 fully saturated rings. The first-order chi connectivity index (χ1) is 8.36. The van der Waals surface area contributed by atoms with Gasteiger partial charge in [-0.2, -0.15) is 0 Å². The second kappa shape index (κ2) is 4.21. The minimum absolute atomic E-state index is 0.447. The lowest BCUT2D eigenvalue weighted by atomic mass is 9.93. The Morgan fingerprint density at radius 1 is 1.12 bits per heavy atom. The highest BCUT2D eigenvalue weighted by molar-refractivity contribution is 5.50. The summed E-state index contributed by atoms with van der Waals surface area (Å²) in [5.41, 5.74) is 4.21. The third-order valence-corrected chi connectivity index (χ3v) is 3.59. The van der Waals surface area contributed by atoms with Gasteiger partial charge >= 0.3 is 0 Å². The molecule has 86 valence electrons. The SMILES string of the molecule is CC1c2ccccc2CCN1c1ccncc1. The van der Waals surface area contributed by atoms with Crippen LogP contribution in [0, 0.1) is 0 Å². The molecule has 1 atom stereocenters. The van der Waals surface area contributed by atoms with E-state index in [2.05, 4.69) is 53.2 Å². The number of aromatic nitrogens is 1.